The molecular formula is C40H58O12. The van der Waals surface area contributed by atoms with Gasteiger partial charge < -0.3 is 52.8 Å². The van der Waals surface area contributed by atoms with Crippen LogP contribution in [0.1, 0.15) is 90.4 Å². The van der Waals surface area contributed by atoms with E-state index >= 15 is 0 Å². The van der Waals surface area contributed by atoms with Gasteiger partial charge in [0.2, 0.25) is 0 Å². The standard InChI is InChI=1S/C40H58O12/c1-19-11-24-5-7-28-20(2)12-26(45-28)9-10-40-17-33-36(51-40)37-38(50-33)39(52-40)35-29(49-37)8-6-25(47-35)13-22(42)14-27-31(16-30(46-24)21(19)3)48-32(34(27)44-4)15-23(43)18-41/h19,23-39,41,43H,2-3,5-18H2,1,4H3/t19-,23+,24+,25-,26+,27+,28?,29?,30?,31+,32-,33+,34-,35?,36+,37+,38-,39+,40+/m1/s1. The first kappa shape index (κ1) is 36.4. The second-order valence-electron chi connectivity index (χ2n) is 17.4. The lowest BCUT2D eigenvalue weighted by Crippen LogP contribution is -2.61. The molecule has 0 radical (unpaired) electrons. The van der Waals surface area contributed by atoms with Crippen LogP contribution in [0.5, 0.6) is 0 Å². The highest BCUT2D eigenvalue weighted by molar-refractivity contribution is 5.79. The largest absolute Gasteiger partial charge is 0.394 e. The lowest BCUT2D eigenvalue weighted by Gasteiger charge is -2.47. The smallest absolute Gasteiger partial charge is 0.172 e. The van der Waals surface area contributed by atoms with Gasteiger partial charge in [-0.3, -0.25) is 4.79 Å². The van der Waals surface area contributed by atoms with Crippen molar-refractivity contribution in [1.82, 2.24) is 0 Å². The molecule has 19 atom stereocenters. The highest BCUT2D eigenvalue weighted by atomic mass is 16.8. The number of ketones is 1. The first-order chi connectivity index (χ1) is 25.1. The molecule has 10 heterocycles. The molecule has 12 heteroatoms. The van der Waals surface area contributed by atoms with Crippen LogP contribution in [0.4, 0.5) is 0 Å². The van der Waals surface area contributed by atoms with Crippen molar-refractivity contribution in [2.24, 2.45) is 11.8 Å². The van der Waals surface area contributed by atoms with Crippen molar-refractivity contribution in [3.05, 3.63) is 24.3 Å². The Morgan fingerprint density at radius 2 is 1.54 bits per heavy atom. The number of hydrogen-bond donors (Lipinski definition) is 2. The number of Topliss-reactive ketones (excluding diaryl/α,β-unsaturated/α-hetero) is 1. The third-order valence-corrected chi connectivity index (χ3v) is 13.9. The van der Waals surface area contributed by atoms with E-state index in [1.54, 1.807) is 7.11 Å². The first-order valence-corrected chi connectivity index (χ1v) is 20.1. The molecule has 10 rings (SSSR count). The van der Waals surface area contributed by atoms with Crippen molar-refractivity contribution in [3.63, 3.8) is 0 Å². The van der Waals surface area contributed by atoms with Gasteiger partial charge in [-0.1, -0.05) is 20.1 Å². The zero-order valence-electron chi connectivity index (χ0n) is 30.7. The quantitative estimate of drug-likeness (QED) is 0.410. The molecular weight excluding hydrogens is 672 g/mol. The average molecular weight is 731 g/mol. The molecule has 2 N–H and O–H groups in total. The van der Waals surface area contributed by atoms with Crippen molar-refractivity contribution in [3.8, 4) is 0 Å². The monoisotopic (exact) mass is 730 g/mol. The average Bonchev–Trinajstić information content (AvgIpc) is 3.79. The summed E-state index contributed by atoms with van der Waals surface area (Å²) in [5.41, 5.74) is 2.17. The summed E-state index contributed by atoms with van der Waals surface area (Å²) in [5, 5.41) is 20.1. The van der Waals surface area contributed by atoms with Gasteiger partial charge in [0.15, 0.2) is 5.79 Å². The molecule has 10 aliphatic heterocycles. The maximum absolute atomic E-state index is 14.0. The molecule has 0 aromatic rings. The Kier molecular flexibility index (Phi) is 10.0. The molecule has 52 heavy (non-hydrogen) atoms. The highest BCUT2D eigenvalue weighted by Gasteiger charge is 2.68. The summed E-state index contributed by atoms with van der Waals surface area (Å²) in [6.07, 6.45) is 4.01. The van der Waals surface area contributed by atoms with Crippen LogP contribution in [0.2, 0.25) is 0 Å². The van der Waals surface area contributed by atoms with E-state index in [0.29, 0.717) is 25.7 Å². The first-order valence-electron chi connectivity index (χ1n) is 20.1. The Morgan fingerprint density at radius 3 is 2.37 bits per heavy atom. The number of carbonyl (C=O) groups excluding carboxylic acids is 1. The van der Waals surface area contributed by atoms with Crippen molar-refractivity contribution in [1.29, 1.82) is 0 Å². The molecule has 4 unspecified atom stereocenters. The van der Waals surface area contributed by atoms with Crippen LogP contribution >= 0.6 is 0 Å². The van der Waals surface area contributed by atoms with E-state index in [2.05, 4.69) is 20.1 Å². The summed E-state index contributed by atoms with van der Waals surface area (Å²) in [7, 11) is 1.63. The van der Waals surface area contributed by atoms with Gasteiger partial charge in [0.1, 0.15) is 36.3 Å². The van der Waals surface area contributed by atoms with Crippen molar-refractivity contribution < 1.29 is 57.6 Å². The van der Waals surface area contributed by atoms with Crippen LogP contribution in [0, 0.1) is 11.8 Å². The molecule has 0 aromatic carbocycles. The van der Waals surface area contributed by atoms with Gasteiger partial charge in [0, 0.05) is 51.6 Å². The van der Waals surface area contributed by atoms with Crippen LogP contribution in [-0.2, 0) is 47.4 Å². The summed E-state index contributed by atoms with van der Waals surface area (Å²) in [6, 6.07) is 0. The lowest BCUT2D eigenvalue weighted by molar-refractivity contribution is -0.292. The second-order valence-corrected chi connectivity index (χ2v) is 17.4. The third-order valence-electron chi connectivity index (χ3n) is 13.9. The van der Waals surface area contributed by atoms with Gasteiger partial charge in [0.05, 0.1) is 73.8 Å². The van der Waals surface area contributed by atoms with Crippen LogP contribution in [-0.4, -0.2) is 133 Å². The van der Waals surface area contributed by atoms with E-state index in [9.17, 15) is 15.0 Å². The van der Waals surface area contributed by atoms with Gasteiger partial charge in [-0.15, -0.1) is 0 Å². The number of methoxy groups -OCH3 is 1. The molecule has 0 amide bonds. The number of ether oxygens (including phenoxy) is 9. The topological polar surface area (TPSA) is 141 Å². The van der Waals surface area contributed by atoms with Crippen molar-refractivity contribution in [2.75, 3.05) is 13.7 Å². The minimum absolute atomic E-state index is 0.0260. The lowest BCUT2D eigenvalue weighted by atomic mass is 9.81. The minimum Gasteiger partial charge on any atom is -0.394 e. The SMILES string of the molecule is C=C1C[C@@H]2CC[C@@]34C[C@@H]5O[C@@H]6[C@@H](OC7CC[C@H](CC(=O)C[C@@H]8[C@@H](OC)[C@@H](C[C@H](O)CO)O[C@H]8CC8O[C@@H](CCC1O2)C[C@@H](C)C8=C)OC7[C@@H]6O3)[C@H]5O4. The normalized spacial score (nSPS) is 52.4. The van der Waals surface area contributed by atoms with E-state index in [4.69, 9.17) is 42.6 Å². The van der Waals surface area contributed by atoms with Gasteiger partial charge in [0.25, 0.3) is 0 Å². The van der Waals surface area contributed by atoms with E-state index in [1.165, 1.54) is 0 Å². The summed E-state index contributed by atoms with van der Waals surface area (Å²) in [5.74, 6) is -0.709. The molecule has 10 aliphatic rings. The number of fused-ring (bicyclic) bond motifs is 6. The number of rotatable bonds is 4. The highest BCUT2D eigenvalue weighted by Crippen LogP contribution is 2.54. The van der Waals surface area contributed by atoms with Crippen LogP contribution in [0.15, 0.2) is 24.3 Å². The Hall–Kier alpha value is -1.29. The predicted octanol–water partition coefficient (Wildman–Crippen LogP) is 3.47. The minimum atomic E-state index is -0.951. The summed E-state index contributed by atoms with van der Waals surface area (Å²) in [4.78, 5) is 14.0. The number of carbonyl (C=O) groups is 1. The third kappa shape index (κ3) is 6.59. The maximum Gasteiger partial charge on any atom is 0.172 e. The fourth-order valence-electron chi connectivity index (χ4n) is 11.3. The predicted molar refractivity (Wildman–Crippen MR) is 184 cm³/mol. The fraction of sp³-hybridized carbons (Fsp3) is 0.875. The number of hydrogen-bond acceptors (Lipinski definition) is 12. The van der Waals surface area contributed by atoms with Crippen LogP contribution in [0.3, 0.4) is 0 Å². The van der Waals surface area contributed by atoms with Crippen molar-refractivity contribution in [2.45, 2.75) is 194 Å². The van der Waals surface area contributed by atoms with E-state index in [1.807, 2.05) is 0 Å². The molecule has 12 bridgehead atoms. The molecule has 0 aliphatic carbocycles. The van der Waals surface area contributed by atoms with Crippen molar-refractivity contribution >= 4 is 5.78 Å². The van der Waals surface area contributed by atoms with Gasteiger partial charge in [-0.2, -0.15) is 0 Å². The summed E-state index contributed by atoms with van der Waals surface area (Å²) >= 11 is 0. The Bertz CT molecular complexity index is 1370. The molecule has 0 aromatic heterocycles. The van der Waals surface area contributed by atoms with Gasteiger partial charge >= 0.3 is 0 Å². The molecule has 10 fully saturated rings. The molecule has 1 spiro atoms. The second kappa shape index (κ2) is 14.3. The van der Waals surface area contributed by atoms with Crippen LogP contribution < -0.4 is 0 Å². The zero-order valence-corrected chi connectivity index (χ0v) is 30.7. The van der Waals surface area contributed by atoms with E-state index in [0.717, 1.165) is 49.7 Å². The summed E-state index contributed by atoms with van der Waals surface area (Å²) in [6.45, 7) is 10.7. The Balaban J connectivity index is 0.994. The molecule has 290 valence electrons. The fourth-order valence-corrected chi connectivity index (χ4v) is 11.3. The number of aliphatic hydroxyl groups excluding tert-OH is 2. The molecule has 0 saturated carbocycles. The Labute approximate surface area is 306 Å². The van der Waals surface area contributed by atoms with Crippen LogP contribution in [0.25, 0.3) is 0 Å². The summed E-state index contributed by atoms with van der Waals surface area (Å²) < 4.78 is 59.8. The van der Waals surface area contributed by atoms with E-state index < -0.39 is 24.1 Å². The van der Waals surface area contributed by atoms with Gasteiger partial charge in [-0.05, 0) is 62.0 Å². The van der Waals surface area contributed by atoms with E-state index in [-0.39, 0.29) is 123 Å². The zero-order chi connectivity index (χ0) is 35.9. The van der Waals surface area contributed by atoms with Gasteiger partial charge in [-0.25, -0.2) is 0 Å². The Morgan fingerprint density at radius 1 is 0.788 bits per heavy atom. The molecule has 12 nitrogen and oxygen atoms in total. The molecule has 10 saturated heterocycles. The maximum atomic E-state index is 14.0. The number of aliphatic hydroxyl groups is 2.